The number of aromatic nitrogens is 1. The van der Waals surface area contributed by atoms with Gasteiger partial charge in [0.1, 0.15) is 5.82 Å². The molecule has 0 aliphatic carbocycles. The highest BCUT2D eigenvalue weighted by atomic mass is 16.3. The Morgan fingerprint density at radius 2 is 2.20 bits per heavy atom. The van der Waals surface area contributed by atoms with Crippen LogP contribution in [-0.2, 0) is 0 Å². The first kappa shape index (κ1) is 14.7. The fraction of sp³-hybridized carbons (Fsp3) is 0.571. The van der Waals surface area contributed by atoms with Crippen molar-refractivity contribution in [2.45, 2.75) is 12.8 Å². The molecule has 20 heavy (non-hydrogen) atoms. The van der Waals surface area contributed by atoms with Crippen molar-refractivity contribution >= 4 is 11.7 Å². The molecule has 2 heterocycles. The third kappa shape index (κ3) is 4.18. The Kier molecular flexibility index (Phi) is 5.31. The lowest BCUT2D eigenvalue weighted by molar-refractivity contribution is 0.1000. The van der Waals surface area contributed by atoms with Crippen LogP contribution in [0.4, 0.5) is 5.82 Å². The fourth-order valence-electron chi connectivity index (χ4n) is 2.38. The van der Waals surface area contributed by atoms with Gasteiger partial charge in [-0.3, -0.25) is 4.79 Å². The summed E-state index contributed by atoms with van der Waals surface area (Å²) in [6.07, 6.45) is 3.63. The van der Waals surface area contributed by atoms with Crippen LogP contribution in [0.3, 0.4) is 0 Å². The van der Waals surface area contributed by atoms with Crippen molar-refractivity contribution in [3.63, 3.8) is 0 Å². The smallest absolute Gasteiger partial charge is 0.250 e. The maximum atomic E-state index is 10.9. The number of primary amides is 1. The molecular weight excluding hydrogens is 256 g/mol. The quantitative estimate of drug-likeness (QED) is 0.696. The zero-order valence-electron chi connectivity index (χ0n) is 11.6. The van der Waals surface area contributed by atoms with Gasteiger partial charge < -0.3 is 21.1 Å². The predicted octanol–water partition coefficient (Wildman–Crippen LogP) is 0.297. The van der Waals surface area contributed by atoms with Gasteiger partial charge in [0.15, 0.2) is 0 Å². The molecule has 1 fully saturated rings. The van der Waals surface area contributed by atoms with Gasteiger partial charge in [0, 0.05) is 25.9 Å². The summed E-state index contributed by atoms with van der Waals surface area (Å²) in [5.74, 6) is 0.762. The van der Waals surface area contributed by atoms with Crippen LogP contribution in [0.15, 0.2) is 18.3 Å². The average molecular weight is 278 g/mol. The van der Waals surface area contributed by atoms with Gasteiger partial charge >= 0.3 is 0 Å². The number of anilines is 1. The molecule has 6 nitrogen and oxygen atoms in total. The monoisotopic (exact) mass is 278 g/mol. The second kappa shape index (κ2) is 7.21. The lowest BCUT2D eigenvalue weighted by atomic mass is 9.98. The van der Waals surface area contributed by atoms with Crippen LogP contribution in [0.1, 0.15) is 23.2 Å². The zero-order valence-corrected chi connectivity index (χ0v) is 11.6. The van der Waals surface area contributed by atoms with Crippen LogP contribution in [-0.4, -0.2) is 53.7 Å². The Labute approximate surface area is 119 Å². The van der Waals surface area contributed by atoms with Gasteiger partial charge in [-0.1, -0.05) is 0 Å². The predicted molar refractivity (Wildman–Crippen MR) is 77.5 cm³/mol. The summed E-state index contributed by atoms with van der Waals surface area (Å²) in [5.41, 5.74) is 5.58. The van der Waals surface area contributed by atoms with E-state index in [1.165, 1.54) is 6.20 Å². The first-order valence-corrected chi connectivity index (χ1v) is 7.02. The molecule has 0 atom stereocenters. The second-order valence-electron chi connectivity index (χ2n) is 5.19. The lowest BCUT2D eigenvalue weighted by Crippen LogP contribution is -2.37. The summed E-state index contributed by atoms with van der Waals surface area (Å²) >= 11 is 0. The molecule has 6 heteroatoms. The minimum absolute atomic E-state index is 0.308. The third-order valence-corrected chi connectivity index (χ3v) is 3.75. The largest absolute Gasteiger partial charge is 0.396 e. The highest BCUT2D eigenvalue weighted by Crippen LogP contribution is 2.15. The molecular formula is C14H22N4O2. The molecule has 1 aromatic rings. The fourth-order valence-corrected chi connectivity index (χ4v) is 2.38. The normalized spacial score (nSPS) is 17.1. The second-order valence-corrected chi connectivity index (χ2v) is 5.19. The summed E-state index contributed by atoms with van der Waals surface area (Å²) in [7, 11) is 0. The van der Waals surface area contributed by atoms with Crippen molar-refractivity contribution in [1.82, 2.24) is 9.88 Å². The van der Waals surface area contributed by atoms with E-state index in [1.54, 1.807) is 12.1 Å². The molecule has 1 aliphatic heterocycles. The molecule has 0 spiro atoms. The summed E-state index contributed by atoms with van der Waals surface area (Å²) in [5, 5.41) is 12.3. The molecule has 1 aliphatic rings. The Morgan fingerprint density at radius 1 is 1.45 bits per heavy atom. The Morgan fingerprint density at radius 3 is 2.75 bits per heavy atom. The number of piperidine rings is 1. The van der Waals surface area contributed by atoms with Gasteiger partial charge in [0.25, 0.3) is 0 Å². The average Bonchev–Trinajstić information content (AvgIpc) is 2.48. The standard InChI is InChI=1S/C14H22N4O2/c15-14(20)12-1-2-13(17-9-12)16-5-8-18-6-3-11(10-19)4-7-18/h1-2,9,11,19H,3-8,10H2,(H2,15,20)(H,16,17). The Hall–Kier alpha value is -1.66. The van der Waals surface area contributed by atoms with Gasteiger partial charge in [-0.15, -0.1) is 0 Å². The van der Waals surface area contributed by atoms with Gasteiger partial charge in [-0.25, -0.2) is 4.98 Å². The zero-order chi connectivity index (χ0) is 14.4. The van der Waals surface area contributed by atoms with Crippen molar-refractivity contribution in [3.8, 4) is 0 Å². The number of carbonyl (C=O) groups is 1. The molecule has 0 aromatic carbocycles. The number of likely N-dealkylation sites (tertiary alicyclic amines) is 1. The molecule has 1 saturated heterocycles. The van der Waals surface area contributed by atoms with Crippen LogP contribution < -0.4 is 11.1 Å². The van der Waals surface area contributed by atoms with E-state index in [0.29, 0.717) is 18.1 Å². The molecule has 1 amide bonds. The highest BCUT2D eigenvalue weighted by molar-refractivity contribution is 5.92. The van der Waals surface area contributed by atoms with Gasteiger partial charge in [0.05, 0.1) is 5.56 Å². The number of aliphatic hydroxyl groups is 1. The molecule has 0 bridgehead atoms. The lowest BCUT2D eigenvalue weighted by Gasteiger charge is -2.30. The van der Waals surface area contributed by atoms with Crippen LogP contribution in [0, 0.1) is 5.92 Å². The molecule has 110 valence electrons. The van der Waals surface area contributed by atoms with Crippen molar-refractivity contribution in [1.29, 1.82) is 0 Å². The third-order valence-electron chi connectivity index (χ3n) is 3.75. The Bertz CT molecular complexity index is 427. The number of nitrogens with zero attached hydrogens (tertiary/aromatic N) is 2. The van der Waals surface area contributed by atoms with E-state index in [2.05, 4.69) is 15.2 Å². The minimum Gasteiger partial charge on any atom is -0.396 e. The number of hydrogen-bond acceptors (Lipinski definition) is 5. The van der Waals surface area contributed by atoms with E-state index in [4.69, 9.17) is 10.8 Å². The summed E-state index contributed by atoms with van der Waals surface area (Å²) in [6.45, 7) is 4.16. The maximum Gasteiger partial charge on any atom is 0.250 e. The van der Waals surface area contributed by atoms with E-state index >= 15 is 0 Å². The number of hydrogen-bond donors (Lipinski definition) is 3. The number of aliphatic hydroxyl groups excluding tert-OH is 1. The molecule has 4 N–H and O–H groups in total. The molecule has 0 unspecified atom stereocenters. The number of carbonyl (C=O) groups excluding carboxylic acids is 1. The first-order chi connectivity index (χ1) is 9.69. The molecule has 0 radical (unpaired) electrons. The minimum atomic E-state index is -0.462. The van der Waals surface area contributed by atoms with E-state index in [9.17, 15) is 4.79 Å². The number of amides is 1. The van der Waals surface area contributed by atoms with Crippen LogP contribution >= 0.6 is 0 Å². The SMILES string of the molecule is NC(=O)c1ccc(NCCN2CCC(CO)CC2)nc1. The number of pyridine rings is 1. The van der Waals surface area contributed by atoms with Crippen molar-refractivity contribution < 1.29 is 9.90 Å². The maximum absolute atomic E-state index is 10.9. The van der Waals surface area contributed by atoms with Crippen molar-refractivity contribution in [2.24, 2.45) is 11.7 Å². The number of nitrogens with two attached hydrogens (primary N) is 1. The van der Waals surface area contributed by atoms with Gasteiger partial charge in [-0.2, -0.15) is 0 Å². The molecule has 2 rings (SSSR count). The van der Waals surface area contributed by atoms with E-state index in [-0.39, 0.29) is 0 Å². The van der Waals surface area contributed by atoms with Gasteiger partial charge in [-0.05, 0) is 44.0 Å². The van der Waals surface area contributed by atoms with E-state index in [0.717, 1.165) is 44.8 Å². The number of nitrogens with one attached hydrogen (secondary N) is 1. The van der Waals surface area contributed by atoms with Crippen LogP contribution in [0.2, 0.25) is 0 Å². The van der Waals surface area contributed by atoms with Gasteiger partial charge in [0.2, 0.25) is 5.91 Å². The number of rotatable bonds is 6. The molecule has 1 aromatic heterocycles. The topological polar surface area (TPSA) is 91.5 Å². The van der Waals surface area contributed by atoms with Crippen LogP contribution in [0.5, 0.6) is 0 Å². The summed E-state index contributed by atoms with van der Waals surface area (Å²) in [4.78, 5) is 17.5. The summed E-state index contributed by atoms with van der Waals surface area (Å²) in [6, 6.07) is 3.43. The summed E-state index contributed by atoms with van der Waals surface area (Å²) < 4.78 is 0. The molecule has 0 saturated carbocycles. The van der Waals surface area contributed by atoms with E-state index < -0.39 is 5.91 Å². The Balaban J connectivity index is 1.69. The van der Waals surface area contributed by atoms with Crippen molar-refractivity contribution in [2.75, 3.05) is 38.1 Å². The van der Waals surface area contributed by atoms with Crippen molar-refractivity contribution in [3.05, 3.63) is 23.9 Å². The first-order valence-electron chi connectivity index (χ1n) is 7.02. The van der Waals surface area contributed by atoms with Crippen LogP contribution in [0.25, 0.3) is 0 Å². The highest BCUT2D eigenvalue weighted by Gasteiger charge is 2.17. The van der Waals surface area contributed by atoms with E-state index in [1.807, 2.05) is 0 Å².